The van der Waals surface area contributed by atoms with Crippen molar-refractivity contribution in [2.75, 3.05) is 52.9 Å². The largest absolute Gasteiger partial charge is 0.507 e. The number of carboxylic acids is 2. The van der Waals surface area contributed by atoms with Gasteiger partial charge in [-0.15, -0.1) is 0 Å². The van der Waals surface area contributed by atoms with Crippen molar-refractivity contribution in [3.63, 3.8) is 0 Å². The van der Waals surface area contributed by atoms with E-state index >= 15 is 0 Å². The van der Waals surface area contributed by atoms with Crippen LogP contribution < -0.4 is 28.6 Å². The van der Waals surface area contributed by atoms with Crippen molar-refractivity contribution in [1.82, 2.24) is 4.90 Å². The number of Topliss-reactive ketones (excluding diaryl/α,β-unsaturated/α-hetero) is 1. The molecule has 4 aliphatic rings. The first-order chi connectivity index (χ1) is 28.9. The molecule has 0 fully saturated rings. The van der Waals surface area contributed by atoms with Crippen LogP contribution in [0.5, 0.6) is 34.5 Å². The van der Waals surface area contributed by atoms with E-state index in [4.69, 9.17) is 44.1 Å². The molecule has 0 aromatic heterocycles. The fourth-order valence-electron chi connectivity index (χ4n) is 7.51. The number of carbonyl (C=O) groups excluding carboxylic acids is 1. The van der Waals surface area contributed by atoms with Crippen LogP contribution in [0, 0.1) is 5.92 Å². The van der Waals surface area contributed by atoms with E-state index in [1.807, 2.05) is 37.8 Å². The average molecular weight is 859 g/mol. The van der Waals surface area contributed by atoms with Gasteiger partial charge in [0.15, 0.2) is 29.5 Å². The fraction of sp³-hybridized carbons (Fsp3) is 0.356. The Hall–Kier alpha value is -5.94. The minimum absolute atomic E-state index is 0.158. The van der Waals surface area contributed by atoms with Crippen molar-refractivity contribution in [3.8, 4) is 34.5 Å². The Balaban J connectivity index is 0.000000174. The summed E-state index contributed by atoms with van der Waals surface area (Å²) in [6.07, 6.45) is -1.30. The number of rotatable bonds is 9. The Morgan fingerprint density at radius 3 is 2.05 bits per heavy atom. The number of methoxy groups -OCH3 is 2. The number of hydrogen-bond acceptors (Lipinski definition) is 14. The molecule has 16 heteroatoms. The molecule has 5 atom stereocenters. The first-order valence-corrected chi connectivity index (χ1v) is 20.2. The van der Waals surface area contributed by atoms with Crippen molar-refractivity contribution in [1.29, 1.82) is 0 Å². The van der Waals surface area contributed by atoms with Gasteiger partial charge in [-0.3, -0.25) is 4.79 Å². The van der Waals surface area contributed by atoms with Gasteiger partial charge in [0.2, 0.25) is 0 Å². The molecule has 4 heterocycles. The zero-order valence-corrected chi connectivity index (χ0v) is 35.6. The number of phenolic OH excluding ortho intramolecular Hbond substituents is 1. The number of nitrogens with zero attached hydrogens (tertiary/aromatic N) is 2. The maximum atomic E-state index is 13.6. The molecule has 61 heavy (non-hydrogen) atoms. The molecule has 4 aromatic carbocycles. The third kappa shape index (κ3) is 9.52. The maximum absolute atomic E-state index is 13.6. The van der Waals surface area contributed by atoms with Crippen LogP contribution in [0.1, 0.15) is 48.2 Å². The summed E-state index contributed by atoms with van der Waals surface area (Å²) in [7, 11) is 7.36. The highest BCUT2D eigenvalue weighted by Gasteiger charge is 2.46. The number of aromatic hydroxyl groups is 1. The third-order valence-corrected chi connectivity index (χ3v) is 11.3. The van der Waals surface area contributed by atoms with Crippen LogP contribution >= 0.6 is 11.8 Å². The topological polar surface area (TPSA) is 205 Å². The third-order valence-electron chi connectivity index (χ3n) is 10.2. The molecule has 4 aromatic rings. The molecule has 4 aliphatic heterocycles. The van der Waals surface area contributed by atoms with Crippen LogP contribution in [0.3, 0.4) is 0 Å². The summed E-state index contributed by atoms with van der Waals surface area (Å²) < 4.78 is 28.8. The second kappa shape index (κ2) is 18.4. The predicted octanol–water partition coefficient (Wildman–Crippen LogP) is 6.08. The van der Waals surface area contributed by atoms with Crippen molar-refractivity contribution in [3.05, 3.63) is 89.5 Å². The van der Waals surface area contributed by atoms with Crippen molar-refractivity contribution in [2.24, 2.45) is 5.92 Å². The number of para-hydroxylation sites is 2. The quantitative estimate of drug-likeness (QED) is 0.129. The van der Waals surface area contributed by atoms with Crippen molar-refractivity contribution < 1.29 is 63.6 Å². The van der Waals surface area contributed by atoms with Gasteiger partial charge < -0.3 is 59.0 Å². The summed E-state index contributed by atoms with van der Waals surface area (Å²) in [6.45, 7) is 8.50. The van der Waals surface area contributed by atoms with Gasteiger partial charge >= 0.3 is 11.9 Å². The van der Waals surface area contributed by atoms with Gasteiger partial charge in [0.25, 0.3) is 0 Å². The average Bonchev–Trinajstić information content (AvgIpc) is 3.21. The van der Waals surface area contributed by atoms with Crippen molar-refractivity contribution in [2.45, 2.75) is 60.4 Å². The molecule has 0 radical (unpaired) electrons. The summed E-state index contributed by atoms with van der Waals surface area (Å²) in [4.78, 5) is 40.6. The summed E-state index contributed by atoms with van der Waals surface area (Å²) in [6, 6.07) is 22.4. The van der Waals surface area contributed by atoms with E-state index < -0.39 is 41.8 Å². The number of aliphatic hydroxyl groups excluding tert-OH is 2. The van der Waals surface area contributed by atoms with E-state index in [2.05, 4.69) is 79.3 Å². The van der Waals surface area contributed by atoms with Gasteiger partial charge in [0.05, 0.1) is 37.1 Å². The van der Waals surface area contributed by atoms with Crippen LogP contribution in [0.2, 0.25) is 0 Å². The van der Waals surface area contributed by atoms with Crippen LogP contribution in [-0.4, -0.2) is 120 Å². The van der Waals surface area contributed by atoms with Crippen LogP contribution in [0.4, 0.5) is 11.4 Å². The summed E-state index contributed by atoms with van der Waals surface area (Å²) in [5.74, 6) is -1.58. The Morgan fingerprint density at radius 1 is 0.918 bits per heavy atom. The molecule has 0 saturated heterocycles. The van der Waals surface area contributed by atoms with Crippen molar-refractivity contribution >= 4 is 46.9 Å². The number of carbonyl (C=O) groups is 3. The van der Waals surface area contributed by atoms with Gasteiger partial charge in [-0.25, -0.2) is 9.59 Å². The van der Waals surface area contributed by atoms with Crippen LogP contribution in [0.25, 0.3) is 6.08 Å². The molecule has 0 aliphatic carbocycles. The monoisotopic (exact) mass is 858 g/mol. The lowest BCUT2D eigenvalue weighted by Gasteiger charge is -2.39. The molecule has 0 bridgehead atoms. The molecule has 15 nitrogen and oxygen atoms in total. The smallest absolute Gasteiger partial charge is 0.335 e. The fourth-order valence-corrected chi connectivity index (χ4v) is 8.61. The zero-order chi connectivity index (χ0) is 44.3. The number of hydrogen-bond donors (Lipinski definition) is 5. The summed E-state index contributed by atoms with van der Waals surface area (Å²) in [5, 5.41) is 43.2. The van der Waals surface area contributed by atoms with E-state index in [1.54, 1.807) is 19.2 Å². The van der Waals surface area contributed by atoms with E-state index in [0.717, 1.165) is 13.1 Å². The minimum atomic E-state index is -2.27. The molecule has 5 unspecified atom stereocenters. The number of anilines is 2. The molecule has 8 rings (SSSR count). The molecule has 324 valence electrons. The summed E-state index contributed by atoms with van der Waals surface area (Å²) in [5.41, 5.74) is 3.61. The number of benzene rings is 4. The normalized spacial score (nSPS) is 18.7. The Kier molecular flexibility index (Phi) is 13.4. The van der Waals surface area contributed by atoms with Gasteiger partial charge in [-0.05, 0) is 76.3 Å². The molecular formula is C45H50N2O13S. The molecular weight excluding hydrogens is 809 g/mol. The highest BCUT2D eigenvalue weighted by atomic mass is 32.2. The lowest BCUT2D eigenvalue weighted by Crippen LogP contribution is -2.43. The minimum Gasteiger partial charge on any atom is -0.507 e. The Bertz CT molecular complexity index is 2270. The maximum Gasteiger partial charge on any atom is 0.335 e. The molecule has 0 spiro atoms. The first kappa shape index (κ1) is 44.6. The highest BCUT2D eigenvalue weighted by molar-refractivity contribution is 7.99. The SMILES string of the molecule is CC(CN(C)C)CN1c2ccccc2Sc2ccccc21.COc1cc2c(cc1OC)C1C(=O)c3c(O)cc4c(c3OC1CO2)C=CC(C)(C)O4.O=C(O)C(O)C(O)C(=O)O. The molecule has 5 N–H and O–H groups in total. The summed E-state index contributed by atoms with van der Waals surface area (Å²) >= 11 is 1.88. The number of aliphatic carboxylic acids is 2. The van der Waals surface area contributed by atoms with E-state index in [9.17, 15) is 19.5 Å². The van der Waals surface area contributed by atoms with Gasteiger partial charge in [-0.1, -0.05) is 43.0 Å². The van der Waals surface area contributed by atoms with E-state index in [-0.39, 0.29) is 23.7 Å². The zero-order valence-electron chi connectivity index (χ0n) is 34.8. The van der Waals surface area contributed by atoms with Gasteiger partial charge in [0.1, 0.15) is 46.9 Å². The molecule has 0 amide bonds. The second-order valence-electron chi connectivity index (χ2n) is 15.7. The standard InChI is InChI=1S/C23H22O7.C18H22N2S.C4H6O6/c1-23(2)6-5-11-15(30-23)8-13(24)20-21(25)19-12-7-16(26-3)17(27-4)9-14(12)28-10-18(19)29-22(11)20;1-14(12-19(2)3)13-20-15-8-4-6-10-17(15)21-18-11-7-5-9-16(18)20;5-1(3(7)8)2(6)4(9)10/h5-9,18-19,24H,10H2,1-4H3;4-11,14H,12-13H2,1-3H3;1-2,5-6H,(H,7,8)(H,9,10). The molecule has 0 saturated carbocycles. The second-order valence-corrected chi connectivity index (χ2v) is 16.8. The lowest BCUT2D eigenvalue weighted by atomic mass is 9.80. The van der Waals surface area contributed by atoms with Gasteiger partial charge in [-0.2, -0.15) is 0 Å². The number of ether oxygens (including phenoxy) is 5. The predicted molar refractivity (Wildman–Crippen MR) is 227 cm³/mol. The number of ketones is 1. The number of phenols is 1. The lowest BCUT2D eigenvalue weighted by molar-refractivity contribution is -0.165. The van der Waals surface area contributed by atoms with Gasteiger partial charge in [0, 0.05) is 40.6 Å². The Labute approximate surface area is 357 Å². The van der Waals surface area contributed by atoms with Crippen LogP contribution in [0.15, 0.2) is 82.6 Å². The number of aliphatic hydroxyl groups is 2. The van der Waals surface area contributed by atoms with E-state index in [1.165, 1.54) is 34.3 Å². The number of carboxylic acid groups (broad SMARTS) is 2. The van der Waals surface area contributed by atoms with Crippen LogP contribution in [-0.2, 0) is 9.59 Å². The van der Waals surface area contributed by atoms with E-state index in [0.29, 0.717) is 45.8 Å². The first-order valence-electron chi connectivity index (χ1n) is 19.4. The Morgan fingerprint density at radius 2 is 1.49 bits per heavy atom. The number of fused-ring (bicyclic) bond motifs is 8. The highest BCUT2D eigenvalue weighted by Crippen LogP contribution is 2.52.